The van der Waals surface area contributed by atoms with Gasteiger partial charge in [0.1, 0.15) is 0 Å². The van der Waals surface area contributed by atoms with E-state index in [0.29, 0.717) is 11.8 Å². The zero-order valence-electron chi connectivity index (χ0n) is 9.29. The summed E-state index contributed by atoms with van der Waals surface area (Å²) >= 11 is 6.11. The van der Waals surface area contributed by atoms with Gasteiger partial charge in [0.15, 0.2) is 0 Å². The standard InChI is InChI=1S/C11H20ClNO/c1-4-8(2)11(14)13-6-5-10(12)9(3)7-13/h8-10H,4-7H2,1-3H3. The molecule has 0 bridgehead atoms. The minimum Gasteiger partial charge on any atom is -0.342 e. The fourth-order valence-electron chi connectivity index (χ4n) is 1.80. The fraction of sp³-hybridized carbons (Fsp3) is 0.909. The number of likely N-dealkylation sites (tertiary alicyclic amines) is 1. The Kier molecular flexibility index (Phi) is 4.24. The Labute approximate surface area is 91.6 Å². The molecule has 3 unspecified atom stereocenters. The highest BCUT2D eigenvalue weighted by Crippen LogP contribution is 2.23. The molecule has 1 fully saturated rings. The van der Waals surface area contributed by atoms with Crippen molar-refractivity contribution in [3.8, 4) is 0 Å². The van der Waals surface area contributed by atoms with Crippen LogP contribution in [0.2, 0.25) is 0 Å². The SMILES string of the molecule is CCC(C)C(=O)N1CCC(Cl)C(C)C1. The molecule has 0 aromatic heterocycles. The number of hydrogen-bond acceptors (Lipinski definition) is 1. The maximum atomic E-state index is 11.9. The Hall–Kier alpha value is -0.240. The second-order valence-corrected chi connectivity index (χ2v) is 4.94. The summed E-state index contributed by atoms with van der Waals surface area (Å²) in [5.74, 6) is 0.885. The molecule has 0 aromatic rings. The van der Waals surface area contributed by atoms with E-state index in [-0.39, 0.29) is 11.3 Å². The minimum absolute atomic E-state index is 0.161. The highest BCUT2D eigenvalue weighted by Gasteiger charge is 2.28. The summed E-state index contributed by atoms with van der Waals surface area (Å²) in [6.45, 7) is 7.84. The monoisotopic (exact) mass is 217 g/mol. The van der Waals surface area contributed by atoms with Gasteiger partial charge in [-0.05, 0) is 18.8 Å². The van der Waals surface area contributed by atoms with E-state index >= 15 is 0 Å². The topological polar surface area (TPSA) is 20.3 Å². The first-order chi connectivity index (χ1) is 6.56. The summed E-state index contributed by atoms with van der Waals surface area (Å²) in [7, 11) is 0. The summed E-state index contributed by atoms with van der Waals surface area (Å²) in [5, 5.41) is 0.246. The van der Waals surface area contributed by atoms with E-state index in [0.717, 1.165) is 25.9 Å². The maximum Gasteiger partial charge on any atom is 0.225 e. The first-order valence-corrected chi connectivity index (χ1v) is 5.92. The Morgan fingerprint density at radius 3 is 2.79 bits per heavy atom. The summed E-state index contributed by atoms with van der Waals surface area (Å²) < 4.78 is 0. The molecule has 3 heteroatoms. The molecule has 0 saturated carbocycles. The van der Waals surface area contributed by atoms with Gasteiger partial charge < -0.3 is 4.90 Å². The van der Waals surface area contributed by atoms with Crippen molar-refractivity contribution in [3.63, 3.8) is 0 Å². The van der Waals surface area contributed by atoms with Gasteiger partial charge in [-0.15, -0.1) is 11.6 Å². The second kappa shape index (κ2) is 5.01. The Bertz CT molecular complexity index is 207. The molecule has 1 rings (SSSR count). The number of amides is 1. The molecule has 3 atom stereocenters. The van der Waals surface area contributed by atoms with Crippen LogP contribution in [0.4, 0.5) is 0 Å². The Morgan fingerprint density at radius 2 is 2.29 bits per heavy atom. The number of carbonyl (C=O) groups is 1. The number of nitrogens with zero attached hydrogens (tertiary/aromatic N) is 1. The fourth-order valence-corrected chi connectivity index (χ4v) is 1.98. The van der Waals surface area contributed by atoms with Crippen molar-refractivity contribution in [2.45, 2.75) is 39.0 Å². The highest BCUT2D eigenvalue weighted by atomic mass is 35.5. The zero-order valence-corrected chi connectivity index (χ0v) is 10.0. The average molecular weight is 218 g/mol. The van der Waals surface area contributed by atoms with Crippen molar-refractivity contribution < 1.29 is 4.79 Å². The van der Waals surface area contributed by atoms with Crippen LogP contribution in [-0.2, 0) is 4.79 Å². The summed E-state index contributed by atoms with van der Waals surface area (Å²) in [5.41, 5.74) is 0. The molecule has 0 aliphatic carbocycles. The molecule has 0 aromatic carbocycles. The molecule has 2 nitrogen and oxygen atoms in total. The van der Waals surface area contributed by atoms with E-state index in [1.54, 1.807) is 0 Å². The van der Waals surface area contributed by atoms with Crippen LogP contribution in [0.5, 0.6) is 0 Å². The third kappa shape index (κ3) is 2.63. The molecular formula is C11H20ClNO. The molecule has 0 N–H and O–H groups in total. The van der Waals surface area contributed by atoms with Crippen LogP contribution in [-0.4, -0.2) is 29.3 Å². The zero-order chi connectivity index (χ0) is 10.7. The van der Waals surface area contributed by atoms with E-state index < -0.39 is 0 Å². The molecule has 0 spiro atoms. The third-order valence-electron chi connectivity index (χ3n) is 3.15. The van der Waals surface area contributed by atoms with E-state index in [1.807, 2.05) is 11.8 Å². The van der Waals surface area contributed by atoms with Crippen LogP contribution in [0.25, 0.3) is 0 Å². The van der Waals surface area contributed by atoms with Crippen LogP contribution >= 0.6 is 11.6 Å². The van der Waals surface area contributed by atoms with Gasteiger partial charge in [-0.25, -0.2) is 0 Å². The molecule has 1 amide bonds. The lowest BCUT2D eigenvalue weighted by Gasteiger charge is -2.35. The van der Waals surface area contributed by atoms with Crippen LogP contribution < -0.4 is 0 Å². The molecule has 1 saturated heterocycles. The molecule has 1 heterocycles. The van der Waals surface area contributed by atoms with E-state index in [1.165, 1.54) is 0 Å². The van der Waals surface area contributed by atoms with Gasteiger partial charge >= 0.3 is 0 Å². The molecule has 1 aliphatic rings. The smallest absolute Gasteiger partial charge is 0.225 e. The third-order valence-corrected chi connectivity index (χ3v) is 3.79. The number of piperidine rings is 1. The first-order valence-electron chi connectivity index (χ1n) is 5.49. The van der Waals surface area contributed by atoms with Crippen molar-refractivity contribution >= 4 is 17.5 Å². The van der Waals surface area contributed by atoms with Gasteiger partial charge in [0.25, 0.3) is 0 Å². The van der Waals surface area contributed by atoms with Crippen molar-refractivity contribution in [2.24, 2.45) is 11.8 Å². The predicted molar refractivity (Wildman–Crippen MR) is 59.5 cm³/mol. The molecular weight excluding hydrogens is 198 g/mol. The first kappa shape index (κ1) is 11.8. The molecule has 0 radical (unpaired) electrons. The van der Waals surface area contributed by atoms with Crippen LogP contribution in [0.1, 0.15) is 33.6 Å². The number of halogens is 1. The number of carbonyl (C=O) groups excluding carboxylic acids is 1. The lowest BCUT2D eigenvalue weighted by Crippen LogP contribution is -2.45. The van der Waals surface area contributed by atoms with Gasteiger partial charge in [0.2, 0.25) is 5.91 Å². The van der Waals surface area contributed by atoms with Gasteiger partial charge in [-0.3, -0.25) is 4.79 Å². The Morgan fingerprint density at radius 1 is 1.64 bits per heavy atom. The predicted octanol–water partition coefficient (Wildman–Crippen LogP) is 2.51. The largest absolute Gasteiger partial charge is 0.342 e. The van der Waals surface area contributed by atoms with Crippen LogP contribution in [0.3, 0.4) is 0 Å². The normalized spacial score (nSPS) is 30.1. The van der Waals surface area contributed by atoms with Gasteiger partial charge in [-0.1, -0.05) is 20.8 Å². The van der Waals surface area contributed by atoms with E-state index in [2.05, 4.69) is 13.8 Å². The summed E-state index contributed by atoms with van der Waals surface area (Å²) in [6, 6.07) is 0. The van der Waals surface area contributed by atoms with Crippen LogP contribution in [0, 0.1) is 11.8 Å². The van der Waals surface area contributed by atoms with Crippen molar-refractivity contribution in [2.75, 3.05) is 13.1 Å². The Balaban J connectivity index is 2.50. The highest BCUT2D eigenvalue weighted by molar-refractivity contribution is 6.20. The molecule has 82 valence electrons. The van der Waals surface area contributed by atoms with Gasteiger partial charge in [0, 0.05) is 24.4 Å². The minimum atomic E-state index is 0.161. The average Bonchev–Trinajstić information content (AvgIpc) is 2.20. The number of rotatable bonds is 2. The molecule has 14 heavy (non-hydrogen) atoms. The van der Waals surface area contributed by atoms with Crippen molar-refractivity contribution in [1.29, 1.82) is 0 Å². The van der Waals surface area contributed by atoms with Crippen molar-refractivity contribution in [3.05, 3.63) is 0 Å². The lowest BCUT2D eigenvalue weighted by atomic mass is 9.97. The lowest BCUT2D eigenvalue weighted by molar-refractivity contribution is -0.136. The van der Waals surface area contributed by atoms with Crippen molar-refractivity contribution in [1.82, 2.24) is 4.90 Å². The number of hydrogen-bond donors (Lipinski definition) is 0. The maximum absolute atomic E-state index is 11.9. The van der Waals surface area contributed by atoms with E-state index in [9.17, 15) is 4.79 Å². The summed E-state index contributed by atoms with van der Waals surface area (Å²) in [6.07, 6.45) is 1.86. The molecule has 1 aliphatic heterocycles. The van der Waals surface area contributed by atoms with Gasteiger partial charge in [-0.2, -0.15) is 0 Å². The van der Waals surface area contributed by atoms with Crippen LogP contribution in [0.15, 0.2) is 0 Å². The summed E-state index contributed by atoms with van der Waals surface area (Å²) in [4.78, 5) is 13.8. The number of alkyl halides is 1. The van der Waals surface area contributed by atoms with E-state index in [4.69, 9.17) is 11.6 Å². The van der Waals surface area contributed by atoms with Gasteiger partial charge in [0.05, 0.1) is 0 Å². The second-order valence-electron chi connectivity index (χ2n) is 4.38. The quantitative estimate of drug-likeness (QED) is 0.651.